The summed E-state index contributed by atoms with van der Waals surface area (Å²) in [6.45, 7) is 5.04. The van der Waals surface area contributed by atoms with Crippen LogP contribution >= 0.6 is 12.2 Å². The molecule has 2 rings (SSSR count). The maximum atomic E-state index is 5.30. The fourth-order valence-corrected chi connectivity index (χ4v) is 2.22. The van der Waals surface area contributed by atoms with Crippen LogP contribution in [0.15, 0.2) is 24.5 Å². The van der Waals surface area contributed by atoms with Crippen molar-refractivity contribution in [2.75, 3.05) is 0 Å². The maximum absolute atomic E-state index is 5.30. The molecule has 0 bridgehead atoms. The molecule has 90 valence electrons. The van der Waals surface area contributed by atoms with E-state index in [9.17, 15) is 0 Å². The average Bonchev–Trinajstić information content (AvgIpc) is 2.71. The van der Waals surface area contributed by atoms with Gasteiger partial charge in [-0.25, -0.2) is 0 Å². The van der Waals surface area contributed by atoms with E-state index >= 15 is 0 Å². The van der Waals surface area contributed by atoms with Crippen LogP contribution in [0.25, 0.3) is 0 Å². The van der Waals surface area contributed by atoms with E-state index in [0.29, 0.717) is 0 Å². The Hall–Kier alpha value is -1.42. The molecule has 0 saturated carbocycles. The fraction of sp³-hybridized carbons (Fsp3) is 0.385. The summed E-state index contributed by atoms with van der Waals surface area (Å²) in [7, 11) is 0. The Morgan fingerprint density at radius 3 is 2.88 bits per heavy atom. The topological polar surface area (TPSA) is 33.6 Å². The van der Waals surface area contributed by atoms with E-state index in [1.165, 1.54) is 11.3 Å². The molecule has 0 unspecified atom stereocenters. The Balaban J connectivity index is 2.37. The SMILES string of the molecule is CCc1cccnc1Cn1c(CC)c[nH]c1=S. The van der Waals surface area contributed by atoms with Crippen LogP contribution in [0.4, 0.5) is 0 Å². The van der Waals surface area contributed by atoms with Crippen molar-refractivity contribution in [3.05, 3.63) is 46.2 Å². The van der Waals surface area contributed by atoms with Gasteiger partial charge in [0, 0.05) is 18.1 Å². The average molecular weight is 247 g/mol. The predicted octanol–water partition coefficient (Wildman–Crippen LogP) is 3.11. The second-order valence-electron chi connectivity index (χ2n) is 3.99. The number of rotatable bonds is 4. The molecular weight excluding hydrogens is 230 g/mol. The molecule has 0 aliphatic heterocycles. The summed E-state index contributed by atoms with van der Waals surface area (Å²) < 4.78 is 2.89. The zero-order valence-corrected chi connectivity index (χ0v) is 11.0. The summed E-state index contributed by atoms with van der Waals surface area (Å²) in [5.41, 5.74) is 3.63. The van der Waals surface area contributed by atoms with Crippen LogP contribution in [-0.2, 0) is 19.4 Å². The number of nitrogens with zero attached hydrogens (tertiary/aromatic N) is 2. The molecule has 0 atom stereocenters. The van der Waals surface area contributed by atoms with Gasteiger partial charge in [-0.15, -0.1) is 0 Å². The first-order chi connectivity index (χ1) is 8.26. The van der Waals surface area contributed by atoms with Gasteiger partial charge in [0.25, 0.3) is 0 Å². The van der Waals surface area contributed by atoms with Crippen molar-refractivity contribution in [1.82, 2.24) is 14.5 Å². The minimum absolute atomic E-state index is 0.759. The molecule has 0 aliphatic rings. The summed E-state index contributed by atoms with van der Waals surface area (Å²) >= 11 is 5.30. The van der Waals surface area contributed by atoms with E-state index in [-0.39, 0.29) is 0 Å². The highest BCUT2D eigenvalue weighted by Crippen LogP contribution is 2.11. The van der Waals surface area contributed by atoms with Gasteiger partial charge in [-0.2, -0.15) is 0 Å². The Morgan fingerprint density at radius 2 is 2.18 bits per heavy atom. The molecule has 17 heavy (non-hydrogen) atoms. The second-order valence-corrected chi connectivity index (χ2v) is 4.37. The van der Waals surface area contributed by atoms with Crippen LogP contribution < -0.4 is 0 Å². The Kier molecular flexibility index (Phi) is 3.74. The zero-order valence-electron chi connectivity index (χ0n) is 10.2. The standard InChI is InChI=1S/C13H17N3S/c1-3-10-6-5-7-14-12(10)9-16-11(4-2)8-15-13(16)17/h5-8H,3-4,9H2,1-2H3,(H,15,17). The third-order valence-electron chi connectivity index (χ3n) is 2.99. The van der Waals surface area contributed by atoms with E-state index < -0.39 is 0 Å². The normalized spacial score (nSPS) is 10.7. The number of hydrogen-bond acceptors (Lipinski definition) is 2. The smallest absolute Gasteiger partial charge is 0.177 e. The largest absolute Gasteiger partial charge is 0.337 e. The third-order valence-corrected chi connectivity index (χ3v) is 3.33. The van der Waals surface area contributed by atoms with Crippen LogP contribution in [0.1, 0.15) is 30.8 Å². The molecule has 2 aromatic rings. The summed E-state index contributed by atoms with van der Waals surface area (Å²) in [6, 6.07) is 4.11. The minimum atomic E-state index is 0.759. The molecule has 0 aromatic carbocycles. The minimum Gasteiger partial charge on any atom is -0.337 e. The number of aromatic amines is 1. The molecule has 2 heterocycles. The van der Waals surface area contributed by atoms with Gasteiger partial charge in [-0.1, -0.05) is 19.9 Å². The van der Waals surface area contributed by atoms with Crippen molar-refractivity contribution >= 4 is 12.2 Å². The Morgan fingerprint density at radius 1 is 1.35 bits per heavy atom. The lowest BCUT2D eigenvalue weighted by atomic mass is 10.1. The van der Waals surface area contributed by atoms with Crippen LogP contribution in [-0.4, -0.2) is 14.5 Å². The van der Waals surface area contributed by atoms with Gasteiger partial charge in [-0.3, -0.25) is 4.98 Å². The molecule has 0 spiro atoms. The number of aromatic nitrogens is 3. The third kappa shape index (κ3) is 2.47. The molecule has 0 saturated heterocycles. The van der Waals surface area contributed by atoms with Crippen molar-refractivity contribution in [2.45, 2.75) is 33.2 Å². The number of nitrogens with one attached hydrogen (secondary N) is 1. The van der Waals surface area contributed by atoms with E-state index in [1.807, 2.05) is 18.5 Å². The highest BCUT2D eigenvalue weighted by Gasteiger charge is 2.06. The predicted molar refractivity (Wildman–Crippen MR) is 71.7 cm³/mol. The molecule has 3 nitrogen and oxygen atoms in total. The van der Waals surface area contributed by atoms with Gasteiger partial charge in [0.15, 0.2) is 4.77 Å². The number of H-pyrrole nitrogens is 1. The highest BCUT2D eigenvalue weighted by atomic mass is 32.1. The molecule has 4 heteroatoms. The van der Waals surface area contributed by atoms with Crippen molar-refractivity contribution in [2.24, 2.45) is 0 Å². The second kappa shape index (κ2) is 5.27. The lowest BCUT2D eigenvalue weighted by Crippen LogP contribution is -2.07. The summed E-state index contributed by atoms with van der Waals surface area (Å²) in [4.78, 5) is 7.56. The molecule has 0 radical (unpaired) electrons. The van der Waals surface area contributed by atoms with E-state index in [1.54, 1.807) is 0 Å². The summed E-state index contributed by atoms with van der Waals surface area (Å²) in [5, 5.41) is 0. The first kappa shape index (κ1) is 12.0. The fourth-order valence-electron chi connectivity index (χ4n) is 1.98. The van der Waals surface area contributed by atoms with Crippen molar-refractivity contribution in [1.29, 1.82) is 0 Å². The number of hydrogen-bond donors (Lipinski definition) is 1. The van der Waals surface area contributed by atoms with Crippen LogP contribution in [0.2, 0.25) is 0 Å². The Bertz CT molecular complexity index is 554. The highest BCUT2D eigenvalue weighted by molar-refractivity contribution is 7.71. The quantitative estimate of drug-likeness (QED) is 0.842. The first-order valence-corrected chi connectivity index (χ1v) is 6.37. The molecule has 0 amide bonds. The summed E-state index contributed by atoms with van der Waals surface area (Å²) in [5.74, 6) is 0. The van der Waals surface area contributed by atoms with Crippen LogP contribution in [0.5, 0.6) is 0 Å². The number of imidazole rings is 1. The molecule has 2 aromatic heterocycles. The van der Waals surface area contributed by atoms with Crippen molar-refractivity contribution in [3.63, 3.8) is 0 Å². The summed E-state index contributed by atoms with van der Waals surface area (Å²) in [6.07, 6.45) is 5.80. The molecule has 0 fully saturated rings. The Labute approximate surface area is 107 Å². The zero-order chi connectivity index (χ0) is 12.3. The first-order valence-electron chi connectivity index (χ1n) is 5.96. The van der Waals surface area contributed by atoms with Crippen LogP contribution in [0, 0.1) is 4.77 Å². The van der Waals surface area contributed by atoms with Crippen LogP contribution in [0.3, 0.4) is 0 Å². The maximum Gasteiger partial charge on any atom is 0.177 e. The number of pyridine rings is 1. The van der Waals surface area contributed by atoms with Gasteiger partial charge < -0.3 is 9.55 Å². The lowest BCUT2D eigenvalue weighted by Gasteiger charge is -2.09. The molecular formula is C13H17N3S. The van der Waals surface area contributed by atoms with Gasteiger partial charge in [0.05, 0.1) is 12.2 Å². The van der Waals surface area contributed by atoms with Gasteiger partial charge in [0.2, 0.25) is 0 Å². The van der Waals surface area contributed by atoms with Crippen molar-refractivity contribution in [3.8, 4) is 0 Å². The molecule has 0 aliphatic carbocycles. The van der Waals surface area contributed by atoms with Gasteiger partial charge in [0.1, 0.15) is 0 Å². The van der Waals surface area contributed by atoms with Crippen molar-refractivity contribution < 1.29 is 0 Å². The monoisotopic (exact) mass is 247 g/mol. The van der Waals surface area contributed by atoms with E-state index in [0.717, 1.165) is 29.9 Å². The van der Waals surface area contributed by atoms with Gasteiger partial charge in [-0.05, 0) is 36.7 Å². The van der Waals surface area contributed by atoms with E-state index in [4.69, 9.17) is 12.2 Å². The van der Waals surface area contributed by atoms with Gasteiger partial charge >= 0.3 is 0 Å². The number of aryl methyl sites for hydroxylation is 2. The molecule has 1 N–H and O–H groups in total. The van der Waals surface area contributed by atoms with E-state index in [2.05, 4.69) is 34.4 Å². The lowest BCUT2D eigenvalue weighted by molar-refractivity contribution is 0.711.